The lowest BCUT2D eigenvalue weighted by molar-refractivity contribution is -0.384. The van der Waals surface area contributed by atoms with Crippen LogP contribution in [0.5, 0.6) is 0 Å². The van der Waals surface area contributed by atoms with E-state index in [-0.39, 0.29) is 17.8 Å². The number of ether oxygens (including phenoxy) is 1. The van der Waals surface area contributed by atoms with Crippen LogP contribution in [0.15, 0.2) is 22.9 Å². The van der Waals surface area contributed by atoms with Crippen molar-refractivity contribution in [3.8, 4) is 0 Å². The topological polar surface area (TPSA) is 111 Å². The maximum Gasteiger partial charge on any atom is 0.410 e. The lowest BCUT2D eigenvalue weighted by Crippen LogP contribution is -2.44. The third-order valence-corrected chi connectivity index (χ3v) is 4.15. The molecule has 3 rings (SSSR count). The number of amides is 1. The van der Waals surface area contributed by atoms with Gasteiger partial charge in [-0.3, -0.25) is 10.1 Å². The summed E-state index contributed by atoms with van der Waals surface area (Å²) in [4.78, 5) is 28.7. The summed E-state index contributed by atoms with van der Waals surface area (Å²) >= 11 is 0. The van der Waals surface area contributed by atoms with Gasteiger partial charge >= 0.3 is 11.8 Å². The Morgan fingerprint density at radius 3 is 2.73 bits per heavy atom. The van der Waals surface area contributed by atoms with Crippen LogP contribution in [0.1, 0.15) is 33.6 Å². The summed E-state index contributed by atoms with van der Waals surface area (Å²) in [7, 11) is 0. The quantitative estimate of drug-likeness (QED) is 0.656. The number of furan rings is 1. The van der Waals surface area contributed by atoms with Gasteiger partial charge in [-0.2, -0.15) is 0 Å². The second-order valence-electron chi connectivity index (χ2n) is 7.30. The molecule has 1 amide bonds. The van der Waals surface area contributed by atoms with E-state index in [2.05, 4.69) is 10.3 Å². The van der Waals surface area contributed by atoms with E-state index < -0.39 is 10.5 Å². The number of rotatable bonds is 3. The van der Waals surface area contributed by atoms with Crippen LogP contribution in [0.25, 0.3) is 11.1 Å². The monoisotopic (exact) mass is 362 g/mol. The first-order valence-electron chi connectivity index (χ1n) is 8.49. The standard InChI is InChI=1S/C17H22N4O5/c1-17(2,3)26-16(22)20-7-4-11(5-8-20)19-14-13(21(23)24)10-18-12-6-9-25-15(12)14/h6,9-11H,4-5,7-8H2,1-3H3,(H,18,19). The number of nitrogens with one attached hydrogen (secondary N) is 1. The van der Waals surface area contributed by atoms with E-state index in [1.165, 1.54) is 12.5 Å². The van der Waals surface area contributed by atoms with Gasteiger partial charge in [-0.05, 0) is 33.6 Å². The van der Waals surface area contributed by atoms with Gasteiger partial charge in [0, 0.05) is 25.2 Å². The maximum atomic E-state index is 12.1. The molecule has 0 aliphatic carbocycles. The zero-order chi connectivity index (χ0) is 18.9. The highest BCUT2D eigenvalue weighted by Gasteiger charge is 2.29. The normalized spacial score (nSPS) is 15.9. The van der Waals surface area contributed by atoms with Crippen LogP contribution < -0.4 is 5.32 Å². The van der Waals surface area contributed by atoms with Gasteiger partial charge in [-0.25, -0.2) is 9.78 Å². The molecule has 1 aliphatic rings. The van der Waals surface area contributed by atoms with Crippen molar-refractivity contribution >= 4 is 28.6 Å². The number of anilines is 1. The fourth-order valence-corrected chi connectivity index (χ4v) is 2.92. The SMILES string of the molecule is CC(C)(C)OC(=O)N1CCC(Nc2c([N+](=O)[O-])cnc3ccoc23)CC1. The average molecular weight is 362 g/mol. The summed E-state index contributed by atoms with van der Waals surface area (Å²) in [6.07, 6.45) is 3.66. The third-order valence-electron chi connectivity index (χ3n) is 4.15. The molecule has 0 bridgehead atoms. The van der Waals surface area contributed by atoms with E-state index in [0.717, 1.165) is 0 Å². The summed E-state index contributed by atoms with van der Waals surface area (Å²) in [6, 6.07) is 1.65. The number of pyridine rings is 1. The van der Waals surface area contributed by atoms with Gasteiger partial charge in [0.05, 0.1) is 11.2 Å². The van der Waals surface area contributed by atoms with E-state index >= 15 is 0 Å². The Labute approximate surface area is 150 Å². The highest BCUT2D eigenvalue weighted by molar-refractivity contribution is 5.91. The second kappa shape index (κ2) is 6.81. The fraction of sp³-hybridized carbons (Fsp3) is 0.529. The van der Waals surface area contributed by atoms with Gasteiger partial charge in [0.25, 0.3) is 0 Å². The number of carbonyl (C=O) groups excluding carboxylic acids is 1. The summed E-state index contributed by atoms with van der Waals surface area (Å²) in [6.45, 7) is 6.53. The number of aromatic nitrogens is 1. The Morgan fingerprint density at radius 1 is 1.42 bits per heavy atom. The minimum absolute atomic E-state index is 0.0110. The predicted molar refractivity (Wildman–Crippen MR) is 95.1 cm³/mol. The molecule has 1 N–H and O–H groups in total. The van der Waals surface area contributed by atoms with Gasteiger partial charge < -0.3 is 19.4 Å². The van der Waals surface area contributed by atoms with Crippen LogP contribution in [0.2, 0.25) is 0 Å². The van der Waals surface area contributed by atoms with Crippen LogP contribution in [-0.2, 0) is 4.74 Å². The average Bonchev–Trinajstić information content (AvgIpc) is 3.03. The molecule has 1 fully saturated rings. The van der Waals surface area contributed by atoms with Gasteiger partial charge in [-0.15, -0.1) is 0 Å². The van der Waals surface area contributed by atoms with Gasteiger partial charge in [0.1, 0.15) is 17.3 Å². The zero-order valence-electron chi connectivity index (χ0n) is 15.0. The van der Waals surface area contributed by atoms with Crippen LogP contribution in [0.4, 0.5) is 16.2 Å². The van der Waals surface area contributed by atoms with E-state index in [0.29, 0.717) is 42.7 Å². The molecule has 1 aliphatic heterocycles. The molecule has 3 heterocycles. The molecule has 0 unspecified atom stereocenters. The number of hydrogen-bond donors (Lipinski definition) is 1. The molecule has 140 valence electrons. The Bertz CT molecular complexity index is 818. The molecule has 0 aromatic carbocycles. The lowest BCUT2D eigenvalue weighted by atomic mass is 10.0. The summed E-state index contributed by atoms with van der Waals surface area (Å²) in [5, 5.41) is 14.5. The number of carbonyl (C=O) groups is 1. The third kappa shape index (κ3) is 3.87. The molecule has 26 heavy (non-hydrogen) atoms. The van der Waals surface area contributed by atoms with Gasteiger partial charge in [0.15, 0.2) is 11.3 Å². The fourth-order valence-electron chi connectivity index (χ4n) is 2.92. The molecule has 9 heteroatoms. The number of hydrogen-bond acceptors (Lipinski definition) is 7. The minimum Gasteiger partial charge on any atom is -0.460 e. The molecule has 0 atom stereocenters. The molecule has 0 spiro atoms. The second-order valence-corrected chi connectivity index (χ2v) is 7.30. The molecular weight excluding hydrogens is 340 g/mol. The first kappa shape index (κ1) is 18.0. The largest absolute Gasteiger partial charge is 0.460 e. The number of fused-ring (bicyclic) bond motifs is 1. The van der Waals surface area contributed by atoms with E-state index in [1.807, 2.05) is 20.8 Å². The summed E-state index contributed by atoms with van der Waals surface area (Å²) in [5.41, 5.74) is 0.607. The maximum absolute atomic E-state index is 12.1. The first-order valence-corrected chi connectivity index (χ1v) is 8.49. The van der Waals surface area contributed by atoms with E-state index in [1.54, 1.807) is 11.0 Å². The van der Waals surface area contributed by atoms with Crippen molar-refractivity contribution in [3.63, 3.8) is 0 Å². The van der Waals surface area contributed by atoms with Crippen molar-refractivity contribution in [2.24, 2.45) is 0 Å². The highest BCUT2D eigenvalue weighted by atomic mass is 16.6. The first-order chi connectivity index (χ1) is 12.2. The van der Waals surface area contributed by atoms with Gasteiger partial charge in [-0.1, -0.05) is 0 Å². The predicted octanol–water partition coefficient (Wildman–Crippen LogP) is 3.55. The number of nitrogens with zero attached hydrogens (tertiary/aromatic N) is 3. The Kier molecular flexibility index (Phi) is 4.71. The van der Waals surface area contributed by atoms with Crippen LogP contribution in [-0.4, -0.2) is 45.6 Å². The van der Waals surface area contributed by atoms with Crippen molar-refractivity contribution < 1.29 is 18.9 Å². The number of likely N-dealkylation sites (tertiary alicyclic amines) is 1. The molecule has 1 saturated heterocycles. The lowest BCUT2D eigenvalue weighted by Gasteiger charge is -2.34. The van der Waals surface area contributed by atoms with E-state index in [9.17, 15) is 14.9 Å². The summed E-state index contributed by atoms with van der Waals surface area (Å²) < 4.78 is 10.8. The number of nitro groups is 1. The Hall–Kier alpha value is -2.84. The Balaban J connectivity index is 1.69. The van der Waals surface area contributed by atoms with Crippen LogP contribution in [0, 0.1) is 10.1 Å². The van der Waals surface area contributed by atoms with Crippen molar-refractivity contribution in [3.05, 3.63) is 28.6 Å². The Morgan fingerprint density at radius 2 is 2.12 bits per heavy atom. The van der Waals surface area contributed by atoms with Crippen LogP contribution in [0.3, 0.4) is 0 Å². The van der Waals surface area contributed by atoms with Crippen LogP contribution >= 0.6 is 0 Å². The highest BCUT2D eigenvalue weighted by Crippen LogP contribution is 2.33. The van der Waals surface area contributed by atoms with Crippen molar-refractivity contribution in [2.75, 3.05) is 18.4 Å². The molecule has 9 nitrogen and oxygen atoms in total. The molecular formula is C17H22N4O5. The van der Waals surface area contributed by atoms with Gasteiger partial charge in [0.2, 0.25) is 0 Å². The molecule has 0 radical (unpaired) electrons. The molecule has 2 aromatic heterocycles. The zero-order valence-corrected chi connectivity index (χ0v) is 15.0. The van der Waals surface area contributed by atoms with Crippen molar-refractivity contribution in [1.29, 1.82) is 0 Å². The van der Waals surface area contributed by atoms with E-state index in [4.69, 9.17) is 9.15 Å². The number of piperidine rings is 1. The minimum atomic E-state index is -0.533. The molecule has 0 saturated carbocycles. The van der Waals surface area contributed by atoms with Crippen molar-refractivity contribution in [2.45, 2.75) is 45.3 Å². The smallest absolute Gasteiger partial charge is 0.410 e. The van der Waals surface area contributed by atoms with Crippen molar-refractivity contribution in [1.82, 2.24) is 9.88 Å². The molecule has 2 aromatic rings. The summed E-state index contributed by atoms with van der Waals surface area (Å²) in [5.74, 6) is 0.